The quantitative estimate of drug-likeness (QED) is 0.891. The fourth-order valence-electron chi connectivity index (χ4n) is 2.79. The third-order valence-corrected chi connectivity index (χ3v) is 4.32. The number of nitrogens with zero attached hydrogens (tertiary/aromatic N) is 3. The Morgan fingerprint density at radius 3 is 2.52 bits per heavy atom. The van der Waals surface area contributed by atoms with Gasteiger partial charge in [-0.05, 0) is 30.9 Å². The monoisotopic (exact) mass is 341 g/mol. The molecule has 1 aromatic heterocycles. The Morgan fingerprint density at radius 2 is 1.84 bits per heavy atom. The van der Waals surface area contributed by atoms with E-state index in [2.05, 4.69) is 32.4 Å². The van der Waals surface area contributed by atoms with E-state index < -0.39 is 0 Å². The van der Waals surface area contributed by atoms with E-state index in [1.165, 1.54) is 0 Å². The molecule has 2 N–H and O–H groups in total. The molecule has 25 heavy (non-hydrogen) atoms. The molecule has 1 aliphatic rings. The Bertz CT molecular complexity index is 712. The van der Waals surface area contributed by atoms with Crippen LogP contribution < -0.4 is 20.3 Å². The van der Waals surface area contributed by atoms with Crippen LogP contribution in [-0.2, 0) is 0 Å². The van der Waals surface area contributed by atoms with Gasteiger partial charge in [0, 0.05) is 13.1 Å². The molecule has 0 bridgehead atoms. The molecular weight excluding hydrogens is 318 g/mol. The standard InChI is InChI=1S/C18H23N5O2/c1-13-7-9-23(10-8-13)17-19-11-14(12-20-17)21-18(24)22-15-5-3-4-6-16(15)25-2/h3-6,11-13H,7-10H2,1-2H3,(H2,21,22,24). The van der Waals surface area contributed by atoms with Crippen molar-refractivity contribution >= 4 is 23.4 Å². The Kier molecular flexibility index (Phi) is 5.33. The van der Waals surface area contributed by atoms with Crippen LogP contribution in [0.25, 0.3) is 0 Å². The third kappa shape index (κ3) is 4.37. The summed E-state index contributed by atoms with van der Waals surface area (Å²) in [6, 6.07) is 6.86. The zero-order valence-corrected chi connectivity index (χ0v) is 14.5. The average Bonchev–Trinajstić information content (AvgIpc) is 2.63. The van der Waals surface area contributed by atoms with Crippen LogP contribution in [0.4, 0.5) is 22.1 Å². The number of piperidine rings is 1. The van der Waals surface area contributed by atoms with Gasteiger partial charge in [0.1, 0.15) is 5.75 Å². The Morgan fingerprint density at radius 1 is 1.16 bits per heavy atom. The SMILES string of the molecule is COc1ccccc1NC(=O)Nc1cnc(N2CCC(C)CC2)nc1. The summed E-state index contributed by atoms with van der Waals surface area (Å²) in [5.74, 6) is 2.07. The molecule has 0 aliphatic carbocycles. The molecule has 7 heteroatoms. The van der Waals surface area contributed by atoms with Crippen molar-refractivity contribution in [1.29, 1.82) is 0 Å². The normalized spacial score (nSPS) is 14.9. The molecule has 7 nitrogen and oxygen atoms in total. The van der Waals surface area contributed by atoms with Gasteiger partial charge in [0.25, 0.3) is 0 Å². The fraction of sp³-hybridized carbons (Fsp3) is 0.389. The summed E-state index contributed by atoms with van der Waals surface area (Å²) < 4.78 is 5.21. The number of methoxy groups -OCH3 is 1. The summed E-state index contributed by atoms with van der Waals surface area (Å²) in [6.07, 6.45) is 5.57. The van der Waals surface area contributed by atoms with Gasteiger partial charge in [-0.3, -0.25) is 0 Å². The molecule has 1 saturated heterocycles. The number of hydrogen-bond donors (Lipinski definition) is 2. The van der Waals surface area contributed by atoms with Crippen molar-refractivity contribution in [3.8, 4) is 5.75 Å². The van der Waals surface area contributed by atoms with Crippen molar-refractivity contribution in [2.45, 2.75) is 19.8 Å². The van der Waals surface area contributed by atoms with Gasteiger partial charge in [0.05, 0.1) is 30.9 Å². The topological polar surface area (TPSA) is 79.4 Å². The van der Waals surface area contributed by atoms with Crippen LogP contribution in [0.3, 0.4) is 0 Å². The lowest BCUT2D eigenvalue weighted by Crippen LogP contribution is -2.34. The number of urea groups is 1. The van der Waals surface area contributed by atoms with Crippen molar-refractivity contribution in [2.24, 2.45) is 5.92 Å². The highest BCUT2D eigenvalue weighted by atomic mass is 16.5. The van der Waals surface area contributed by atoms with Gasteiger partial charge in [-0.1, -0.05) is 19.1 Å². The summed E-state index contributed by atoms with van der Waals surface area (Å²) in [5, 5.41) is 5.48. The molecule has 132 valence electrons. The van der Waals surface area contributed by atoms with Crippen molar-refractivity contribution in [2.75, 3.05) is 35.7 Å². The highest BCUT2D eigenvalue weighted by Crippen LogP contribution is 2.23. The molecule has 1 aliphatic heterocycles. The lowest BCUT2D eigenvalue weighted by atomic mass is 10.00. The largest absolute Gasteiger partial charge is 0.495 e. The molecule has 1 fully saturated rings. The van der Waals surface area contributed by atoms with E-state index in [0.29, 0.717) is 23.1 Å². The van der Waals surface area contributed by atoms with Gasteiger partial charge in [-0.25, -0.2) is 14.8 Å². The minimum atomic E-state index is -0.368. The number of carbonyl (C=O) groups excluding carboxylic acids is 1. The van der Waals surface area contributed by atoms with Crippen molar-refractivity contribution in [3.05, 3.63) is 36.7 Å². The second-order valence-corrected chi connectivity index (χ2v) is 6.22. The zero-order valence-electron chi connectivity index (χ0n) is 14.5. The van der Waals surface area contributed by atoms with Crippen molar-refractivity contribution < 1.29 is 9.53 Å². The molecule has 0 spiro atoms. The zero-order chi connectivity index (χ0) is 17.6. The van der Waals surface area contributed by atoms with Crippen LogP contribution in [0.15, 0.2) is 36.7 Å². The first-order valence-corrected chi connectivity index (χ1v) is 8.43. The summed E-state index contributed by atoms with van der Waals surface area (Å²) in [6.45, 7) is 4.22. The minimum absolute atomic E-state index is 0.368. The molecule has 2 aromatic rings. The molecule has 1 aromatic carbocycles. The molecule has 0 saturated carbocycles. The van der Waals surface area contributed by atoms with E-state index in [-0.39, 0.29) is 6.03 Å². The maximum Gasteiger partial charge on any atom is 0.323 e. The number of para-hydroxylation sites is 2. The number of carbonyl (C=O) groups is 1. The van der Waals surface area contributed by atoms with Crippen LogP contribution in [0.1, 0.15) is 19.8 Å². The summed E-state index contributed by atoms with van der Waals surface area (Å²) in [5.41, 5.74) is 1.14. The lowest BCUT2D eigenvalue weighted by Gasteiger charge is -2.30. The molecule has 0 radical (unpaired) electrons. The smallest absolute Gasteiger partial charge is 0.323 e. The van der Waals surface area contributed by atoms with Crippen LogP contribution >= 0.6 is 0 Å². The molecule has 2 heterocycles. The predicted molar refractivity (Wildman–Crippen MR) is 98.3 cm³/mol. The second-order valence-electron chi connectivity index (χ2n) is 6.22. The predicted octanol–water partition coefficient (Wildman–Crippen LogP) is 3.37. The van der Waals surface area contributed by atoms with E-state index in [4.69, 9.17) is 4.74 Å². The van der Waals surface area contributed by atoms with Gasteiger partial charge in [-0.15, -0.1) is 0 Å². The third-order valence-electron chi connectivity index (χ3n) is 4.32. The van der Waals surface area contributed by atoms with Gasteiger partial charge in [0.2, 0.25) is 5.95 Å². The molecule has 0 atom stereocenters. The van der Waals surface area contributed by atoms with Gasteiger partial charge >= 0.3 is 6.03 Å². The second kappa shape index (κ2) is 7.83. The summed E-state index contributed by atoms with van der Waals surface area (Å²) in [7, 11) is 1.56. The van der Waals surface area contributed by atoms with Gasteiger partial charge in [0.15, 0.2) is 0 Å². The maximum atomic E-state index is 12.1. The Labute approximate surface area is 147 Å². The van der Waals surface area contributed by atoms with Crippen LogP contribution in [0.2, 0.25) is 0 Å². The first kappa shape index (κ1) is 17.0. The molecule has 0 unspecified atom stereocenters. The van der Waals surface area contributed by atoms with Crippen LogP contribution in [0, 0.1) is 5.92 Å². The van der Waals surface area contributed by atoms with E-state index in [0.717, 1.165) is 31.8 Å². The lowest BCUT2D eigenvalue weighted by molar-refractivity contribution is 0.262. The number of amides is 2. The first-order chi connectivity index (χ1) is 12.2. The number of anilines is 3. The van der Waals surface area contributed by atoms with E-state index in [9.17, 15) is 4.79 Å². The number of rotatable bonds is 4. The maximum absolute atomic E-state index is 12.1. The van der Waals surface area contributed by atoms with Gasteiger partial charge < -0.3 is 20.3 Å². The number of nitrogens with one attached hydrogen (secondary N) is 2. The highest BCUT2D eigenvalue weighted by Gasteiger charge is 2.17. The number of ether oxygens (including phenoxy) is 1. The van der Waals surface area contributed by atoms with Crippen LogP contribution in [0.5, 0.6) is 5.75 Å². The van der Waals surface area contributed by atoms with E-state index in [1.54, 1.807) is 31.6 Å². The van der Waals surface area contributed by atoms with Crippen LogP contribution in [-0.4, -0.2) is 36.2 Å². The van der Waals surface area contributed by atoms with E-state index in [1.807, 2.05) is 12.1 Å². The molecular formula is C18H23N5O2. The molecule has 2 amide bonds. The Hall–Kier alpha value is -2.83. The summed E-state index contributed by atoms with van der Waals surface area (Å²) in [4.78, 5) is 23.0. The van der Waals surface area contributed by atoms with Crippen molar-refractivity contribution in [1.82, 2.24) is 9.97 Å². The van der Waals surface area contributed by atoms with Gasteiger partial charge in [-0.2, -0.15) is 0 Å². The number of aromatic nitrogens is 2. The van der Waals surface area contributed by atoms with E-state index >= 15 is 0 Å². The molecule has 3 rings (SSSR count). The minimum Gasteiger partial charge on any atom is -0.495 e. The summed E-state index contributed by atoms with van der Waals surface area (Å²) >= 11 is 0. The number of hydrogen-bond acceptors (Lipinski definition) is 5. The number of benzene rings is 1. The first-order valence-electron chi connectivity index (χ1n) is 8.43. The highest BCUT2D eigenvalue weighted by molar-refractivity contribution is 6.00. The fourth-order valence-corrected chi connectivity index (χ4v) is 2.79. The van der Waals surface area contributed by atoms with Crippen molar-refractivity contribution in [3.63, 3.8) is 0 Å². The average molecular weight is 341 g/mol. The Balaban J connectivity index is 1.58.